The fourth-order valence-electron chi connectivity index (χ4n) is 6.54. The summed E-state index contributed by atoms with van der Waals surface area (Å²) in [6.45, 7) is 10.6. The number of halogens is 5. The normalized spacial score (nSPS) is 15.9. The van der Waals surface area contributed by atoms with Crippen LogP contribution in [0.25, 0.3) is 11.1 Å². The zero-order chi connectivity index (χ0) is 34.1. The zero-order valence-electron chi connectivity index (χ0n) is 26.8. The SMILES string of the molecule is Cc1cc(C)c(-c2cc(C)c(F)c([C@H](CC(=O)O)C(N)C(CC(C)C)n3cc(CCN4CCC4)c(C(F)(F)F)cc3=O)c2)c(F)c1. The van der Waals surface area contributed by atoms with Crippen LogP contribution in [0, 0.1) is 38.3 Å². The minimum absolute atomic E-state index is 0.0502. The third-order valence-corrected chi connectivity index (χ3v) is 8.89. The van der Waals surface area contributed by atoms with Crippen molar-refractivity contribution in [3.8, 4) is 11.1 Å². The maximum atomic E-state index is 16.0. The largest absolute Gasteiger partial charge is 0.481 e. The molecule has 0 aliphatic carbocycles. The molecule has 1 aliphatic rings. The Balaban J connectivity index is 1.87. The Morgan fingerprint density at radius 2 is 1.70 bits per heavy atom. The molecule has 1 aliphatic heterocycles. The van der Waals surface area contributed by atoms with Crippen LogP contribution in [0.1, 0.15) is 78.5 Å². The maximum Gasteiger partial charge on any atom is 0.416 e. The van der Waals surface area contributed by atoms with Gasteiger partial charge in [-0.25, -0.2) is 8.78 Å². The lowest BCUT2D eigenvalue weighted by Gasteiger charge is -2.34. The molecule has 6 nitrogen and oxygen atoms in total. The van der Waals surface area contributed by atoms with Gasteiger partial charge in [-0.05, 0) is 111 Å². The van der Waals surface area contributed by atoms with Gasteiger partial charge in [0.1, 0.15) is 11.6 Å². The van der Waals surface area contributed by atoms with Gasteiger partial charge in [0.25, 0.3) is 5.56 Å². The van der Waals surface area contributed by atoms with E-state index < -0.39 is 59.3 Å². The Morgan fingerprint density at radius 1 is 1.02 bits per heavy atom. The number of likely N-dealkylation sites (tertiary alicyclic amines) is 1. The highest BCUT2D eigenvalue weighted by Gasteiger charge is 2.37. The first-order valence-corrected chi connectivity index (χ1v) is 15.6. The average Bonchev–Trinajstić information content (AvgIpc) is 2.90. The summed E-state index contributed by atoms with van der Waals surface area (Å²) in [6.07, 6.45) is -2.96. The van der Waals surface area contributed by atoms with Gasteiger partial charge in [0.05, 0.1) is 18.0 Å². The lowest BCUT2D eigenvalue weighted by molar-refractivity contribution is -0.139. The molecule has 2 heterocycles. The molecule has 2 aromatic carbocycles. The van der Waals surface area contributed by atoms with Crippen molar-refractivity contribution in [2.75, 3.05) is 19.6 Å². The van der Waals surface area contributed by atoms with Gasteiger partial charge in [0.2, 0.25) is 0 Å². The van der Waals surface area contributed by atoms with Crippen molar-refractivity contribution < 1.29 is 31.9 Å². The number of carbonyl (C=O) groups is 1. The van der Waals surface area contributed by atoms with Crippen LogP contribution in [0.3, 0.4) is 0 Å². The number of pyridine rings is 1. The Hall–Kier alpha value is -3.57. The first-order valence-electron chi connectivity index (χ1n) is 15.6. The molecule has 0 bridgehead atoms. The van der Waals surface area contributed by atoms with Crippen molar-refractivity contribution in [3.05, 3.63) is 91.9 Å². The number of aliphatic carboxylic acids is 1. The minimum Gasteiger partial charge on any atom is -0.481 e. The molecular formula is C35H42F5N3O3. The molecule has 3 N–H and O–H groups in total. The number of nitrogens with two attached hydrogens (primary N) is 1. The highest BCUT2D eigenvalue weighted by molar-refractivity contribution is 5.72. The van der Waals surface area contributed by atoms with Gasteiger partial charge in [-0.3, -0.25) is 9.59 Å². The summed E-state index contributed by atoms with van der Waals surface area (Å²) in [5.41, 5.74) is 6.77. The molecule has 11 heteroatoms. The summed E-state index contributed by atoms with van der Waals surface area (Å²) < 4.78 is 74.5. The quantitative estimate of drug-likeness (QED) is 0.204. The Kier molecular flexibility index (Phi) is 10.8. The molecule has 0 saturated carbocycles. The van der Waals surface area contributed by atoms with Crippen molar-refractivity contribution >= 4 is 5.97 Å². The molecule has 0 amide bonds. The molecule has 1 saturated heterocycles. The van der Waals surface area contributed by atoms with Gasteiger partial charge in [-0.15, -0.1) is 0 Å². The molecule has 1 fully saturated rings. The number of hydrogen-bond acceptors (Lipinski definition) is 4. The maximum absolute atomic E-state index is 16.0. The number of aromatic nitrogens is 1. The van der Waals surface area contributed by atoms with E-state index in [1.807, 2.05) is 18.7 Å². The Morgan fingerprint density at radius 3 is 2.24 bits per heavy atom. The van der Waals surface area contributed by atoms with Crippen molar-refractivity contribution in [2.45, 2.75) is 84.5 Å². The second-order valence-corrected chi connectivity index (χ2v) is 13.0. The number of benzene rings is 2. The van der Waals surface area contributed by atoms with Crippen LogP contribution < -0.4 is 11.3 Å². The molecule has 3 aromatic rings. The van der Waals surface area contributed by atoms with Gasteiger partial charge in [-0.2, -0.15) is 13.2 Å². The standard InChI is InChI=1S/C35H42F5N3O3/c1-19(2)11-29(43-18-23(7-10-42-8-6-9-42)27(17-30(43)44)35(38,39)40)34(41)26(16-31(45)46)25-15-24(14-22(5)33(25)37)32-21(4)12-20(3)13-28(32)36/h12-15,17-19,26,29,34H,6-11,16,41H2,1-5H3,(H,45,46)/t26-,29?,34?/m0/s1. The van der Waals surface area contributed by atoms with Crippen molar-refractivity contribution in [1.29, 1.82) is 0 Å². The van der Waals surface area contributed by atoms with Crippen LogP contribution in [-0.4, -0.2) is 46.2 Å². The minimum atomic E-state index is -4.76. The van der Waals surface area contributed by atoms with E-state index in [2.05, 4.69) is 0 Å². The fourth-order valence-corrected chi connectivity index (χ4v) is 6.54. The highest BCUT2D eigenvalue weighted by Crippen LogP contribution is 2.39. The molecule has 4 rings (SSSR count). The number of alkyl halides is 3. The highest BCUT2D eigenvalue weighted by atomic mass is 19.4. The van der Waals surface area contributed by atoms with Crippen LogP contribution in [0.4, 0.5) is 22.0 Å². The van der Waals surface area contributed by atoms with Crippen LogP contribution in [0.5, 0.6) is 0 Å². The summed E-state index contributed by atoms with van der Waals surface area (Å²) in [6, 6.07) is 4.43. The molecule has 0 radical (unpaired) electrons. The molecular weight excluding hydrogens is 605 g/mol. The van der Waals surface area contributed by atoms with Crippen molar-refractivity contribution in [3.63, 3.8) is 0 Å². The van der Waals surface area contributed by atoms with Gasteiger partial charge in [0, 0.05) is 36.3 Å². The fraction of sp³-hybridized carbons (Fsp3) is 0.486. The van der Waals surface area contributed by atoms with Crippen LogP contribution in [0.15, 0.2) is 41.3 Å². The van der Waals surface area contributed by atoms with E-state index in [0.29, 0.717) is 29.3 Å². The molecule has 0 spiro atoms. The van der Waals surface area contributed by atoms with Crippen molar-refractivity contribution in [1.82, 2.24) is 9.47 Å². The van der Waals surface area contributed by atoms with E-state index >= 15 is 8.78 Å². The van der Waals surface area contributed by atoms with Crippen LogP contribution >= 0.6 is 0 Å². The lowest BCUT2D eigenvalue weighted by atomic mass is 9.80. The molecule has 46 heavy (non-hydrogen) atoms. The lowest BCUT2D eigenvalue weighted by Crippen LogP contribution is -2.43. The molecule has 3 atom stereocenters. The second-order valence-electron chi connectivity index (χ2n) is 13.0. The number of carboxylic acid groups (broad SMARTS) is 1. The first-order chi connectivity index (χ1) is 21.5. The van der Waals surface area contributed by atoms with Crippen molar-refractivity contribution in [2.24, 2.45) is 11.7 Å². The summed E-state index contributed by atoms with van der Waals surface area (Å²) in [5, 5.41) is 9.93. The van der Waals surface area contributed by atoms with E-state index in [9.17, 15) is 27.9 Å². The zero-order valence-corrected chi connectivity index (χ0v) is 26.8. The average molecular weight is 648 g/mol. The van der Waals surface area contributed by atoms with E-state index in [1.54, 1.807) is 19.9 Å². The van der Waals surface area contributed by atoms with Crippen LogP contribution in [0.2, 0.25) is 0 Å². The predicted octanol–water partition coefficient (Wildman–Crippen LogP) is 7.16. The van der Waals surface area contributed by atoms with E-state index in [-0.39, 0.29) is 41.0 Å². The summed E-state index contributed by atoms with van der Waals surface area (Å²) in [4.78, 5) is 27.6. The van der Waals surface area contributed by atoms with E-state index in [1.165, 1.54) is 35.9 Å². The van der Waals surface area contributed by atoms with Gasteiger partial charge < -0.3 is 20.3 Å². The summed E-state index contributed by atoms with van der Waals surface area (Å²) in [7, 11) is 0. The number of carboxylic acids is 1. The Labute approximate surface area is 266 Å². The molecule has 2 unspecified atom stereocenters. The third-order valence-electron chi connectivity index (χ3n) is 8.89. The monoisotopic (exact) mass is 647 g/mol. The van der Waals surface area contributed by atoms with E-state index in [4.69, 9.17) is 5.73 Å². The topological polar surface area (TPSA) is 88.6 Å². The van der Waals surface area contributed by atoms with Crippen LogP contribution in [-0.2, 0) is 17.4 Å². The molecule has 250 valence electrons. The van der Waals surface area contributed by atoms with Gasteiger partial charge in [0.15, 0.2) is 0 Å². The van der Waals surface area contributed by atoms with Gasteiger partial charge >= 0.3 is 12.1 Å². The Bertz CT molecular complexity index is 1620. The number of hydrogen-bond donors (Lipinski definition) is 2. The molecule has 1 aromatic heterocycles. The summed E-state index contributed by atoms with van der Waals surface area (Å²) >= 11 is 0. The first kappa shape index (κ1) is 35.3. The predicted molar refractivity (Wildman–Crippen MR) is 168 cm³/mol. The smallest absolute Gasteiger partial charge is 0.416 e. The van der Waals surface area contributed by atoms with E-state index in [0.717, 1.165) is 19.5 Å². The number of aryl methyl sites for hydroxylation is 3. The number of rotatable bonds is 12. The number of nitrogens with zero attached hydrogens (tertiary/aromatic N) is 2. The second kappa shape index (κ2) is 14.0. The summed E-state index contributed by atoms with van der Waals surface area (Å²) in [5.74, 6) is -3.82. The third kappa shape index (κ3) is 7.86. The van der Waals surface area contributed by atoms with Gasteiger partial charge in [-0.1, -0.05) is 19.9 Å².